The van der Waals surface area contributed by atoms with Crippen LogP contribution in [0.25, 0.3) is 28.3 Å². The van der Waals surface area contributed by atoms with Crippen molar-refractivity contribution in [3.05, 3.63) is 82.0 Å². The van der Waals surface area contributed by atoms with Crippen LogP contribution in [0.3, 0.4) is 0 Å². The second kappa shape index (κ2) is 10.1. The number of aryl methyl sites for hydroxylation is 1. The Morgan fingerprint density at radius 3 is 2.57 bits per heavy atom. The Hall–Kier alpha value is -4.18. The lowest BCUT2D eigenvalue weighted by molar-refractivity contribution is 0.0693. The number of hydrogen-bond donors (Lipinski definition) is 1. The molecule has 1 fully saturated rings. The number of rotatable bonds is 7. The minimum absolute atomic E-state index is 0.0300. The average molecular weight is 497 g/mol. The molecule has 1 saturated heterocycles. The van der Waals surface area contributed by atoms with Crippen LogP contribution in [0, 0.1) is 0 Å². The molecule has 5 aromatic rings. The van der Waals surface area contributed by atoms with Gasteiger partial charge in [-0.1, -0.05) is 61.9 Å². The molecule has 0 amide bonds. The van der Waals surface area contributed by atoms with Crippen molar-refractivity contribution >= 4 is 5.78 Å². The number of hydrogen-bond acceptors (Lipinski definition) is 7. The predicted molar refractivity (Wildman–Crippen MR) is 138 cm³/mol. The van der Waals surface area contributed by atoms with Gasteiger partial charge in [0.2, 0.25) is 11.6 Å². The number of aromatic nitrogens is 8. The number of tetrazole rings is 1. The lowest BCUT2D eigenvalue weighted by Gasteiger charge is -2.26. The largest absolute Gasteiger partial charge is 0.381 e. The molecule has 4 heterocycles. The molecule has 0 spiro atoms. The topological polar surface area (TPSA) is 116 Å². The van der Waals surface area contributed by atoms with Crippen molar-refractivity contribution in [3.63, 3.8) is 0 Å². The van der Waals surface area contributed by atoms with E-state index < -0.39 is 0 Å². The lowest BCUT2D eigenvalue weighted by atomic mass is 9.96. The zero-order chi connectivity index (χ0) is 25.2. The van der Waals surface area contributed by atoms with Gasteiger partial charge in [-0.3, -0.25) is 9.36 Å². The molecule has 1 N–H and O–H groups in total. The zero-order valence-corrected chi connectivity index (χ0v) is 20.7. The SMILES string of the molecule is CCCc1c(Cc2ccc(-c3ccccc3-c3nn[nH]n3)cc2)c(=O)n(C2CCOCC2)c2ncnn12. The number of fused-ring (bicyclic) bond motifs is 1. The Kier molecular flexibility index (Phi) is 6.32. The summed E-state index contributed by atoms with van der Waals surface area (Å²) in [5.74, 6) is 1.18. The number of aromatic amines is 1. The highest BCUT2D eigenvalue weighted by molar-refractivity contribution is 5.80. The van der Waals surface area contributed by atoms with Gasteiger partial charge >= 0.3 is 0 Å². The molecule has 0 bridgehead atoms. The zero-order valence-electron chi connectivity index (χ0n) is 20.7. The maximum atomic E-state index is 14.0. The molecule has 0 saturated carbocycles. The van der Waals surface area contributed by atoms with Gasteiger partial charge in [-0.05, 0) is 41.2 Å². The van der Waals surface area contributed by atoms with Gasteiger partial charge < -0.3 is 4.74 Å². The van der Waals surface area contributed by atoms with Crippen LogP contribution in [-0.4, -0.2) is 53.0 Å². The molecule has 0 radical (unpaired) electrons. The Morgan fingerprint density at radius 2 is 1.84 bits per heavy atom. The Labute approximate surface area is 213 Å². The fourth-order valence-electron chi connectivity index (χ4n) is 5.23. The van der Waals surface area contributed by atoms with Gasteiger partial charge in [0.1, 0.15) is 6.33 Å². The summed E-state index contributed by atoms with van der Waals surface area (Å²) in [5.41, 5.74) is 5.79. The highest BCUT2D eigenvalue weighted by Crippen LogP contribution is 2.30. The Bertz CT molecular complexity index is 1560. The third-order valence-corrected chi connectivity index (χ3v) is 7.03. The van der Waals surface area contributed by atoms with Gasteiger partial charge in [-0.2, -0.15) is 15.3 Å². The highest BCUT2D eigenvalue weighted by atomic mass is 16.5. The van der Waals surface area contributed by atoms with Crippen molar-refractivity contribution in [2.45, 2.75) is 45.1 Å². The molecule has 10 nitrogen and oxygen atoms in total. The van der Waals surface area contributed by atoms with E-state index >= 15 is 0 Å². The molecule has 0 atom stereocenters. The summed E-state index contributed by atoms with van der Waals surface area (Å²) in [6.45, 7) is 3.42. The van der Waals surface area contributed by atoms with Crippen LogP contribution >= 0.6 is 0 Å². The summed E-state index contributed by atoms with van der Waals surface area (Å²) in [5, 5.41) is 19.0. The summed E-state index contributed by atoms with van der Waals surface area (Å²) >= 11 is 0. The van der Waals surface area contributed by atoms with E-state index in [4.69, 9.17) is 4.74 Å². The first-order valence-corrected chi connectivity index (χ1v) is 12.7. The molecule has 6 rings (SSSR count). The number of H-pyrrole nitrogens is 1. The molecule has 1 aliphatic rings. The number of ether oxygens (including phenoxy) is 1. The molecule has 2 aromatic carbocycles. The van der Waals surface area contributed by atoms with Crippen LogP contribution in [0.5, 0.6) is 0 Å². The van der Waals surface area contributed by atoms with Crippen molar-refractivity contribution < 1.29 is 4.74 Å². The van der Waals surface area contributed by atoms with Gasteiger partial charge in [-0.15, -0.1) is 10.2 Å². The third kappa shape index (κ3) is 4.33. The maximum Gasteiger partial charge on any atom is 0.259 e. The first kappa shape index (κ1) is 23.2. The average Bonchev–Trinajstić information content (AvgIpc) is 3.65. The van der Waals surface area contributed by atoms with Crippen LogP contribution in [0.1, 0.15) is 49.0 Å². The molecule has 188 valence electrons. The first-order valence-electron chi connectivity index (χ1n) is 12.7. The number of benzene rings is 2. The minimum Gasteiger partial charge on any atom is -0.381 e. The van der Waals surface area contributed by atoms with Crippen molar-refractivity contribution in [1.82, 2.24) is 39.8 Å². The predicted octanol–water partition coefficient (Wildman–Crippen LogP) is 3.63. The quantitative estimate of drug-likeness (QED) is 0.366. The lowest BCUT2D eigenvalue weighted by Crippen LogP contribution is -2.34. The van der Waals surface area contributed by atoms with Crippen molar-refractivity contribution in [2.24, 2.45) is 0 Å². The van der Waals surface area contributed by atoms with Gasteiger partial charge in [-0.25, -0.2) is 4.52 Å². The fourth-order valence-corrected chi connectivity index (χ4v) is 5.23. The summed E-state index contributed by atoms with van der Waals surface area (Å²) in [6.07, 6.45) is 5.33. The molecule has 1 aliphatic heterocycles. The number of nitrogens with zero attached hydrogens (tertiary/aromatic N) is 7. The molecular formula is C27H28N8O2. The first-order chi connectivity index (χ1) is 18.2. The normalized spacial score (nSPS) is 14.4. The third-order valence-electron chi connectivity index (χ3n) is 7.03. The van der Waals surface area contributed by atoms with E-state index in [-0.39, 0.29) is 11.6 Å². The van der Waals surface area contributed by atoms with E-state index in [1.165, 1.54) is 0 Å². The molecule has 0 aliphatic carbocycles. The summed E-state index contributed by atoms with van der Waals surface area (Å²) in [7, 11) is 0. The van der Waals surface area contributed by atoms with Crippen LogP contribution in [0.2, 0.25) is 0 Å². The fraction of sp³-hybridized carbons (Fsp3) is 0.333. The summed E-state index contributed by atoms with van der Waals surface area (Å²) < 4.78 is 9.26. The Balaban J connectivity index is 1.39. The molecule has 0 unspecified atom stereocenters. The molecule has 10 heteroatoms. The van der Waals surface area contributed by atoms with Crippen LogP contribution < -0.4 is 5.56 Å². The Morgan fingerprint density at radius 1 is 1.05 bits per heavy atom. The molecular weight excluding hydrogens is 468 g/mol. The standard InChI is InChI=1S/C27H28N8O2/c1-2-5-24-23(26(36)34(20-12-14-37-15-13-20)27-28-17-29-35(24)27)16-18-8-10-19(11-9-18)21-6-3-4-7-22(21)25-30-32-33-31-25/h3-4,6-11,17,20H,2,5,12-16H2,1H3,(H,30,31,32,33). The second-order valence-corrected chi connectivity index (χ2v) is 9.32. The van der Waals surface area contributed by atoms with Gasteiger partial charge in [0.05, 0.1) is 5.69 Å². The van der Waals surface area contributed by atoms with E-state index in [0.29, 0.717) is 31.2 Å². The molecule has 3 aromatic heterocycles. The van der Waals surface area contributed by atoms with Crippen molar-refractivity contribution in [1.29, 1.82) is 0 Å². The maximum absolute atomic E-state index is 14.0. The molecule has 37 heavy (non-hydrogen) atoms. The van der Waals surface area contributed by atoms with Crippen LogP contribution in [0.4, 0.5) is 0 Å². The second-order valence-electron chi connectivity index (χ2n) is 9.32. The highest BCUT2D eigenvalue weighted by Gasteiger charge is 2.25. The van der Waals surface area contributed by atoms with Gasteiger partial charge in [0, 0.05) is 36.8 Å². The number of nitrogens with one attached hydrogen (secondary N) is 1. The monoisotopic (exact) mass is 496 g/mol. The minimum atomic E-state index is 0.0300. The van der Waals surface area contributed by atoms with E-state index in [0.717, 1.165) is 59.2 Å². The summed E-state index contributed by atoms with van der Waals surface area (Å²) in [6, 6.07) is 16.4. The summed E-state index contributed by atoms with van der Waals surface area (Å²) in [4.78, 5) is 18.4. The van der Waals surface area contributed by atoms with Crippen molar-refractivity contribution in [3.8, 4) is 22.5 Å². The van der Waals surface area contributed by atoms with E-state index in [9.17, 15) is 4.79 Å². The van der Waals surface area contributed by atoms with Crippen LogP contribution in [-0.2, 0) is 17.6 Å². The van der Waals surface area contributed by atoms with E-state index in [2.05, 4.69) is 61.9 Å². The smallest absolute Gasteiger partial charge is 0.259 e. The van der Waals surface area contributed by atoms with Crippen LogP contribution in [0.15, 0.2) is 59.7 Å². The van der Waals surface area contributed by atoms with Gasteiger partial charge in [0.25, 0.3) is 5.56 Å². The van der Waals surface area contributed by atoms with E-state index in [1.807, 2.05) is 33.3 Å². The van der Waals surface area contributed by atoms with E-state index in [1.54, 1.807) is 6.33 Å². The van der Waals surface area contributed by atoms with Crippen molar-refractivity contribution in [2.75, 3.05) is 13.2 Å². The van der Waals surface area contributed by atoms with Gasteiger partial charge in [0.15, 0.2) is 0 Å².